The van der Waals surface area contributed by atoms with E-state index in [1.807, 2.05) is 19.1 Å². The van der Waals surface area contributed by atoms with Crippen molar-refractivity contribution in [3.8, 4) is 22.1 Å². The molecular weight excluding hydrogens is 402 g/mol. The summed E-state index contributed by atoms with van der Waals surface area (Å²) < 4.78 is 12.1. The number of anilines is 1. The largest absolute Gasteiger partial charge is 0.486 e. The summed E-state index contributed by atoms with van der Waals surface area (Å²) in [5.74, 6) is 0.620. The molecule has 0 saturated carbocycles. The molecule has 2 aromatic heterocycles. The van der Waals surface area contributed by atoms with E-state index in [9.17, 15) is 9.59 Å². The van der Waals surface area contributed by atoms with Crippen LogP contribution >= 0.6 is 22.9 Å². The van der Waals surface area contributed by atoms with Crippen molar-refractivity contribution in [3.05, 3.63) is 56.7 Å². The minimum atomic E-state index is -0.423. The van der Waals surface area contributed by atoms with Crippen molar-refractivity contribution in [1.29, 1.82) is 0 Å². The van der Waals surface area contributed by atoms with Gasteiger partial charge in [-0.1, -0.05) is 11.6 Å². The molecule has 28 heavy (non-hydrogen) atoms. The Morgan fingerprint density at radius 2 is 1.96 bits per heavy atom. The van der Waals surface area contributed by atoms with Gasteiger partial charge in [-0.3, -0.25) is 9.59 Å². The van der Waals surface area contributed by atoms with E-state index in [1.165, 1.54) is 6.07 Å². The monoisotopic (exact) mass is 417 g/mol. The van der Waals surface area contributed by atoms with E-state index in [0.717, 1.165) is 14.4 Å². The maximum absolute atomic E-state index is 12.5. The van der Waals surface area contributed by atoms with Crippen LogP contribution in [-0.4, -0.2) is 28.9 Å². The van der Waals surface area contributed by atoms with Gasteiger partial charge < -0.3 is 14.8 Å². The number of fused-ring (bicyclic) bond motifs is 1. The number of aromatic nitrogens is 2. The Morgan fingerprint density at radius 1 is 1.21 bits per heavy atom. The molecule has 0 fully saturated rings. The average molecular weight is 418 g/mol. The van der Waals surface area contributed by atoms with Gasteiger partial charge in [0.15, 0.2) is 11.5 Å². The summed E-state index contributed by atoms with van der Waals surface area (Å²) in [6.07, 6.45) is 0. The lowest BCUT2D eigenvalue weighted by atomic mass is 10.2. The Labute approximate surface area is 169 Å². The lowest BCUT2D eigenvalue weighted by Gasteiger charge is -2.20. The highest BCUT2D eigenvalue weighted by Gasteiger charge is 2.17. The first-order valence-corrected chi connectivity index (χ1v) is 9.73. The first-order chi connectivity index (χ1) is 13.5. The summed E-state index contributed by atoms with van der Waals surface area (Å²) in [5, 5.41) is 7.32. The van der Waals surface area contributed by atoms with E-state index in [0.29, 0.717) is 41.1 Å². The molecule has 7 nitrogen and oxygen atoms in total. The van der Waals surface area contributed by atoms with Crippen LogP contribution in [0.25, 0.3) is 10.6 Å². The number of carbonyl (C=O) groups excluding carboxylic acids is 1. The molecule has 1 aromatic carbocycles. The van der Waals surface area contributed by atoms with Crippen LogP contribution in [0.4, 0.5) is 5.69 Å². The first kappa shape index (κ1) is 18.5. The van der Waals surface area contributed by atoms with Crippen molar-refractivity contribution in [2.45, 2.75) is 13.5 Å². The van der Waals surface area contributed by atoms with Gasteiger partial charge in [-0.25, -0.2) is 4.68 Å². The Hall–Kier alpha value is -2.84. The van der Waals surface area contributed by atoms with E-state index in [-0.39, 0.29) is 12.1 Å². The van der Waals surface area contributed by atoms with Crippen molar-refractivity contribution < 1.29 is 14.3 Å². The Morgan fingerprint density at radius 3 is 2.68 bits per heavy atom. The topological polar surface area (TPSA) is 82.5 Å². The van der Waals surface area contributed by atoms with E-state index < -0.39 is 5.91 Å². The molecule has 9 heteroatoms. The summed E-state index contributed by atoms with van der Waals surface area (Å²) in [4.78, 5) is 26.7. The fraction of sp³-hybridized carbons (Fsp3) is 0.211. The minimum absolute atomic E-state index is 0.234. The van der Waals surface area contributed by atoms with Crippen LogP contribution in [0, 0.1) is 6.92 Å². The smallest absolute Gasteiger partial charge is 0.267 e. The number of nitrogens with one attached hydrogen (secondary N) is 1. The van der Waals surface area contributed by atoms with Gasteiger partial charge in [-0.05, 0) is 25.1 Å². The molecule has 1 N–H and O–H groups in total. The molecule has 3 aromatic rings. The van der Waals surface area contributed by atoms with Crippen LogP contribution < -0.4 is 20.3 Å². The summed E-state index contributed by atoms with van der Waals surface area (Å²) in [6, 6.07) is 10.2. The first-order valence-electron chi connectivity index (χ1n) is 8.53. The molecule has 0 aliphatic carbocycles. The maximum atomic E-state index is 12.5. The number of hydrogen-bond acceptors (Lipinski definition) is 6. The molecule has 3 heterocycles. The zero-order chi connectivity index (χ0) is 19.7. The number of ether oxygens (including phenoxy) is 2. The van der Waals surface area contributed by atoms with Crippen LogP contribution in [0.3, 0.4) is 0 Å². The average Bonchev–Trinajstić information content (AvgIpc) is 3.10. The molecule has 0 bridgehead atoms. The standard InChI is InChI=1S/C19H16ClN3O4S/c1-11-2-4-17(28-11)13-3-5-19(25)23(22-13)10-18(24)21-14-9-16-15(8-12(14)20)26-6-7-27-16/h2-5,8-9H,6-7,10H2,1H3,(H,21,24). The number of hydrogen-bond donors (Lipinski definition) is 1. The van der Waals surface area contributed by atoms with Crippen molar-refractivity contribution in [2.24, 2.45) is 0 Å². The van der Waals surface area contributed by atoms with Crippen molar-refractivity contribution in [1.82, 2.24) is 9.78 Å². The van der Waals surface area contributed by atoms with Gasteiger partial charge in [-0.15, -0.1) is 11.3 Å². The van der Waals surface area contributed by atoms with Gasteiger partial charge in [0.05, 0.1) is 15.6 Å². The van der Waals surface area contributed by atoms with Crippen LogP contribution in [0.5, 0.6) is 11.5 Å². The third-order valence-electron chi connectivity index (χ3n) is 4.06. The lowest BCUT2D eigenvalue weighted by molar-refractivity contribution is -0.117. The van der Waals surface area contributed by atoms with E-state index >= 15 is 0 Å². The molecule has 1 aliphatic heterocycles. The third-order valence-corrected chi connectivity index (χ3v) is 5.39. The van der Waals surface area contributed by atoms with Gasteiger partial charge in [-0.2, -0.15) is 5.10 Å². The third kappa shape index (κ3) is 3.88. The molecule has 0 unspecified atom stereocenters. The zero-order valence-electron chi connectivity index (χ0n) is 14.9. The van der Waals surface area contributed by atoms with Crippen molar-refractivity contribution >= 4 is 34.5 Å². The molecule has 0 saturated heterocycles. The molecule has 1 aliphatic rings. The van der Waals surface area contributed by atoms with Gasteiger partial charge in [0, 0.05) is 23.1 Å². The number of rotatable bonds is 4. The molecule has 1 amide bonds. The normalized spacial score (nSPS) is 12.6. The summed E-state index contributed by atoms with van der Waals surface area (Å²) >= 11 is 7.78. The van der Waals surface area contributed by atoms with Crippen LogP contribution in [0.1, 0.15) is 4.88 Å². The quantitative estimate of drug-likeness (QED) is 0.704. The Bertz CT molecular complexity index is 1110. The highest BCUT2D eigenvalue weighted by atomic mass is 35.5. The van der Waals surface area contributed by atoms with E-state index in [2.05, 4.69) is 10.4 Å². The number of amides is 1. The van der Waals surface area contributed by atoms with Crippen LogP contribution in [-0.2, 0) is 11.3 Å². The van der Waals surface area contributed by atoms with Gasteiger partial charge >= 0.3 is 0 Å². The van der Waals surface area contributed by atoms with Gasteiger partial charge in [0.2, 0.25) is 5.91 Å². The second kappa shape index (κ2) is 7.65. The lowest BCUT2D eigenvalue weighted by Crippen LogP contribution is -2.29. The molecular formula is C19H16ClN3O4S. The Balaban J connectivity index is 1.53. The number of carbonyl (C=O) groups is 1. The predicted molar refractivity (Wildman–Crippen MR) is 108 cm³/mol. The molecule has 144 valence electrons. The molecule has 0 atom stereocenters. The number of nitrogens with zero attached hydrogens (tertiary/aromatic N) is 2. The number of halogens is 1. The second-order valence-electron chi connectivity index (χ2n) is 6.15. The van der Waals surface area contributed by atoms with Crippen molar-refractivity contribution in [3.63, 3.8) is 0 Å². The molecule has 4 rings (SSSR count). The number of aryl methyl sites for hydroxylation is 1. The van der Waals surface area contributed by atoms with E-state index in [4.69, 9.17) is 21.1 Å². The maximum Gasteiger partial charge on any atom is 0.267 e. The van der Waals surface area contributed by atoms with Crippen LogP contribution in [0.15, 0.2) is 41.2 Å². The van der Waals surface area contributed by atoms with Crippen LogP contribution in [0.2, 0.25) is 5.02 Å². The zero-order valence-corrected chi connectivity index (χ0v) is 16.5. The minimum Gasteiger partial charge on any atom is -0.486 e. The summed E-state index contributed by atoms with van der Waals surface area (Å²) in [6.45, 7) is 2.64. The second-order valence-corrected chi connectivity index (χ2v) is 7.84. The molecule has 0 spiro atoms. The summed E-state index contributed by atoms with van der Waals surface area (Å²) in [7, 11) is 0. The summed E-state index contributed by atoms with van der Waals surface area (Å²) in [5.41, 5.74) is 0.664. The van der Waals surface area contributed by atoms with Gasteiger partial charge in [0.25, 0.3) is 5.56 Å². The number of benzene rings is 1. The highest BCUT2D eigenvalue weighted by molar-refractivity contribution is 7.15. The highest BCUT2D eigenvalue weighted by Crippen LogP contribution is 2.37. The molecule has 0 radical (unpaired) electrons. The Kier molecular flexibility index (Phi) is 5.06. The number of thiophene rings is 1. The van der Waals surface area contributed by atoms with Crippen molar-refractivity contribution in [2.75, 3.05) is 18.5 Å². The predicted octanol–water partition coefficient (Wildman–Crippen LogP) is 3.34. The fourth-order valence-electron chi connectivity index (χ4n) is 2.75. The SMILES string of the molecule is Cc1ccc(-c2ccc(=O)n(CC(=O)Nc3cc4c(cc3Cl)OCCO4)n2)s1. The fourth-order valence-corrected chi connectivity index (χ4v) is 3.78. The van der Waals surface area contributed by atoms with Gasteiger partial charge in [0.1, 0.15) is 25.5 Å². The van der Waals surface area contributed by atoms with E-state index in [1.54, 1.807) is 29.5 Å².